The van der Waals surface area contributed by atoms with Gasteiger partial charge in [0.25, 0.3) is 0 Å². The third-order valence-corrected chi connectivity index (χ3v) is 3.00. The maximum Gasteiger partial charge on any atom is 0.337 e. The second-order valence-electron chi connectivity index (χ2n) is 3.69. The zero-order valence-electron chi connectivity index (χ0n) is 9.91. The van der Waals surface area contributed by atoms with E-state index >= 15 is 0 Å². The van der Waals surface area contributed by atoms with E-state index in [4.69, 9.17) is 5.11 Å². The molecule has 2 heterocycles. The molecule has 0 aliphatic carbocycles. The van der Waals surface area contributed by atoms with E-state index in [0.29, 0.717) is 10.9 Å². The quantitative estimate of drug-likeness (QED) is 0.855. The van der Waals surface area contributed by atoms with Crippen LogP contribution >= 0.6 is 11.8 Å². The van der Waals surface area contributed by atoms with Gasteiger partial charge < -0.3 is 5.11 Å². The molecule has 18 heavy (non-hydrogen) atoms. The van der Waals surface area contributed by atoms with E-state index in [1.165, 1.54) is 24.0 Å². The summed E-state index contributed by atoms with van der Waals surface area (Å²) in [6, 6.07) is 5.06. The monoisotopic (exact) mass is 261 g/mol. The van der Waals surface area contributed by atoms with Gasteiger partial charge in [0.1, 0.15) is 15.9 Å². The lowest BCUT2D eigenvalue weighted by Gasteiger charge is -2.02. The van der Waals surface area contributed by atoms with Crippen LogP contribution in [-0.2, 0) is 0 Å². The molecule has 0 radical (unpaired) electrons. The number of rotatable bonds is 3. The normalized spacial score (nSPS) is 10.3. The van der Waals surface area contributed by atoms with Gasteiger partial charge in [0.05, 0.1) is 5.56 Å². The molecule has 2 aromatic heterocycles. The molecule has 0 aliphatic heterocycles. The lowest BCUT2D eigenvalue weighted by atomic mass is 10.3. The van der Waals surface area contributed by atoms with Crippen LogP contribution in [0.2, 0.25) is 0 Å². The van der Waals surface area contributed by atoms with Crippen molar-refractivity contribution >= 4 is 17.7 Å². The molecule has 0 bridgehead atoms. The minimum Gasteiger partial charge on any atom is -0.478 e. The van der Waals surface area contributed by atoms with Crippen molar-refractivity contribution in [3.63, 3.8) is 0 Å². The Morgan fingerprint density at radius 3 is 2.56 bits per heavy atom. The van der Waals surface area contributed by atoms with E-state index in [2.05, 4.69) is 15.0 Å². The lowest BCUT2D eigenvalue weighted by molar-refractivity contribution is 0.0696. The van der Waals surface area contributed by atoms with Crippen LogP contribution < -0.4 is 0 Å². The van der Waals surface area contributed by atoms with Crippen molar-refractivity contribution in [2.45, 2.75) is 23.9 Å². The minimum atomic E-state index is -0.979. The van der Waals surface area contributed by atoms with Crippen LogP contribution in [-0.4, -0.2) is 26.0 Å². The summed E-state index contributed by atoms with van der Waals surface area (Å²) >= 11 is 1.38. The van der Waals surface area contributed by atoms with Crippen LogP contribution in [0, 0.1) is 13.8 Å². The van der Waals surface area contributed by atoms with E-state index in [1.807, 2.05) is 19.9 Å². The van der Waals surface area contributed by atoms with E-state index in [1.54, 1.807) is 6.07 Å². The summed E-state index contributed by atoms with van der Waals surface area (Å²) in [6.45, 7) is 3.73. The summed E-state index contributed by atoms with van der Waals surface area (Å²) in [5.74, 6) is -0.271. The Morgan fingerprint density at radius 2 is 2.00 bits per heavy atom. The zero-order chi connectivity index (χ0) is 13.1. The Kier molecular flexibility index (Phi) is 3.57. The Hall–Kier alpha value is -1.95. The summed E-state index contributed by atoms with van der Waals surface area (Å²) < 4.78 is 0. The predicted octanol–water partition coefficient (Wildman–Crippen LogP) is 2.34. The highest BCUT2D eigenvalue weighted by atomic mass is 32.2. The van der Waals surface area contributed by atoms with Crippen LogP contribution in [0.1, 0.15) is 21.9 Å². The van der Waals surface area contributed by atoms with E-state index in [0.717, 1.165) is 10.7 Å². The molecule has 1 N–H and O–H groups in total. The highest BCUT2D eigenvalue weighted by Gasteiger charge is 2.06. The molecule has 0 saturated heterocycles. The van der Waals surface area contributed by atoms with Gasteiger partial charge in [0.15, 0.2) is 0 Å². The highest BCUT2D eigenvalue weighted by Crippen LogP contribution is 2.24. The second-order valence-corrected chi connectivity index (χ2v) is 4.73. The van der Waals surface area contributed by atoms with Crippen LogP contribution in [0.25, 0.3) is 0 Å². The van der Waals surface area contributed by atoms with Crippen molar-refractivity contribution in [3.05, 3.63) is 41.5 Å². The number of aromatic nitrogens is 3. The Balaban J connectivity index is 2.20. The summed E-state index contributed by atoms with van der Waals surface area (Å²) in [5, 5.41) is 10.3. The molecule has 0 fully saturated rings. The number of nitrogens with zero attached hydrogens (tertiary/aromatic N) is 3. The summed E-state index contributed by atoms with van der Waals surface area (Å²) in [7, 11) is 0. The maximum atomic E-state index is 10.7. The van der Waals surface area contributed by atoms with Crippen LogP contribution in [0.15, 0.2) is 34.4 Å². The van der Waals surface area contributed by atoms with Gasteiger partial charge in [-0.2, -0.15) is 0 Å². The van der Waals surface area contributed by atoms with Gasteiger partial charge in [0, 0.05) is 11.9 Å². The molecule has 2 aromatic rings. The molecule has 0 aliphatic rings. The molecule has 0 unspecified atom stereocenters. The molecular weight excluding hydrogens is 250 g/mol. The first-order valence-corrected chi connectivity index (χ1v) is 6.06. The zero-order valence-corrected chi connectivity index (χ0v) is 10.7. The third kappa shape index (κ3) is 3.04. The number of hydrogen-bond donors (Lipinski definition) is 1. The van der Waals surface area contributed by atoms with Crippen LogP contribution in [0.5, 0.6) is 0 Å². The molecule has 5 nitrogen and oxygen atoms in total. The number of pyridine rings is 1. The Morgan fingerprint density at radius 1 is 1.22 bits per heavy atom. The maximum absolute atomic E-state index is 10.7. The first-order chi connectivity index (χ1) is 8.54. The van der Waals surface area contributed by atoms with E-state index in [9.17, 15) is 4.79 Å². The van der Waals surface area contributed by atoms with Crippen molar-refractivity contribution < 1.29 is 9.90 Å². The van der Waals surface area contributed by atoms with Gasteiger partial charge >= 0.3 is 5.97 Å². The smallest absolute Gasteiger partial charge is 0.337 e. The van der Waals surface area contributed by atoms with Gasteiger partial charge in [-0.05, 0) is 43.8 Å². The van der Waals surface area contributed by atoms with Crippen molar-refractivity contribution in [2.24, 2.45) is 0 Å². The lowest BCUT2D eigenvalue weighted by Crippen LogP contribution is -1.97. The van der Waals surface area contributed by atoms with Crippen molar-refractivity contribution in [1.82, 2.24) is 15.0 Å². The van der Waals surface area contributed by atoms with Crippen LogP contribution in [0.4, 0.5) is 0 Å². The van der Waals surface area contributed by atoms with Gasteiger partial charge in [0.2, 0.25) is 0 Å². The fourth-order valence-corrected chi connectivity index (χ4v) is 2.27. The molecule has 0 aromatic carbocycles. The Labute approximate surface area is 108 Å². The summed E-state index contributed by atoms with van der Waals surface area (Å²) in [5.41, 5.74) is 1.07. The van der Waals surface area contributed by atoms with Gasteiger partial charge in [-0.25, -0.2) is 19.7 Å². The number of aryl methyl sites for hydroxylation is 2. The summed E-state index contributed by atoms with van der Waals surface area (Å²) in [6.07, 6.45) is 1.34. The average Bonchev–Trinajstić information content (AvgIpc) is 2.28. The largest absolute Gasteiger partial charge is 0.478 e. The molecule has 6 heteroatoms. The first-order valence-electron chi connectivity index (χ1n) is 5.24. The number of carboxylic acid groups (broad SMARTS) is 1. The van der Waals surface area contributed by atoms with Gasteiger partial charge in [-0.1, -0.05) is 0 Å². The number of hydrogen-bond acceptors (Lipinski definition) is 5. The van der Waals surface area contributed by atoms with Crippen molar-refractivity contribution in [2.75, 3.05) is 0 Å². The first kappa shape index (κ1) is 12.5. The molecule has 2 rings (SSSR count). The van der Waals surface area contributed by atoms with Crippen molar-refractivity contribution in [3.8, 4) is 0 Å². The molecule has 92 valence electrons. The SMILES string of the molecule is Cc1cc(Sc2ccc(C(=O)O)cn2)nc(C)n1. The molecule has 0 spiro atoms. The highest BCUT2D eigenvalue weighted by molar-refractivity contribution is 7.99. The molecular formula is C12H11N3O2S. The van der Waals surface area contributed by atoms with Gasteiger partial charge in [-0.15, -0.1) is 0 Å². The standard InChI is InChI=1S/C12H11N3O2S/c1-7-5-11(15-8(2)14-7)18-10-4-3-9(6-13-10)12(16)17/h3-6H,1-2H3,(H,16,17). The Bertz CT molecular complexity index is 564. The second kappa shape index (κ2) is 5.14. The van der Waals surface area contributed by atoms with Gasteiger partial charge in [-0.3, -0.25) is 0 Å². The number of carboxylic acids is 1. The fourth-order valence-electron chi connectivity index (χ4n) is 1.41. The van der Waals surface area contributed by atoms with E-state index < -0.39 is 5.97 Å². The topological polar surface area (TPSA) is 76.0 Å². The van der Waals surface area contributed by atoms with Crippen LogP contribution in [0.3, 0.4) is 0 Å². The average molecular weight is 261 g/mol. The van der Waals surface area contributed by atoms with Crippen molar-refractivity contribution in [1.29, 1.82) is 0 Å². The number of aromatic carboxylic acids is 1. The molecule has 0 saturated carbocycles. The third-order valence-electron chi connectivity index (χ3n) is 2.13. The number of carbonyl (C=O) groups is 1. The van der Waals surface area contributed by atoms with E-state index in [-0.39, 0.29) is 5.56 Å². The fraction of sp³-hybridized carbons (Fsp3) is 0.167. The predicted molar refractivity (Wildman–Crippen MR) is 66.8 cm³/mol. The molecule has 0 amide bonds. The molecule has 0 atom stereocenters. The minimum absolute atomic E-state index is 0.175. The summed E-state index contributed by atoms with van der Waals surface area (Å²) in [4.78, 5) is 23.2.